The van der Waals surface area contributed by atoms with Gasteiger partial charge in [-0.25, -0.2) is 0 Å². The van der Waals surface area contributed by atoms with Crippen molar-refractivity contribution in [1.82, 2.24) is 10.2 Å². The summed E-state index contributed by atoms with van der Waals surface area (Å²) >= 11 is 0. The number of hydrogen-bond acceptors (Lipinski definition) is 4. The van der Waals surface area contributed by atoms with E-state index in [0.717, 1.165) is 5.56 Å². The summed E-state index contributed by atoms with van der Waals surface area (Å²) in [6, 6.07) is 16.4. The highest BCUT2D eigenvalue weighted by Gasteiger charge is 2.25. The summed E-state index contributed by atoms with van der Waals surface area (Å²) in [5, 5.41) is 2.60. The van der Waals surface area contributed by atoms with Crippen LogP contribution in [-0.4, -0.2) is 50.1 Å². The van der Waals surface area contributed by atoms with Gasteiger partial charge in [0.05, 0.1) is 7.11 Å². The molecule has 0 unspecified atom stereocenters. The minimum atomic E-state index is -0.590. The van der Waals surface area contributed by atoms with Crippen molar-refractivity contribution in [3.63, 3.8) is 0 Å². The quantitative estimate of drug-likeness (QED) is 0.735. The van der Waals surface area contributed by atoms with Crippen molar-refractivity contribution in [2.45, 2.75) is 19.4 Å². The SMILES string of the molecule is CNC(=O)[C@@H](C)N(CCc1ccccc1)C(=O)COc1ccccc1OC. The minimum absolute atomic E-state index is 0.170. The third kappa shape index (κ3) is 5.74. The van der Waals surface area contributed by atoms with Crippen molar-refractivity contribution in [3.05, 3.63) is 60.2 Å². The molecule has 0 radical (unpaired) electrons. The number of amides is 2. The van der Waals surface area contributed by atoms with E-state index in [0.29, 0.717) is 24.5 Å². The molecule has 0 aliphatic heterocycles. The number of likely N-dealkylation sites (N-methyl/N-ethyl adjacent to an activating group) is 1. The second-order valence-electron chi connectivity index (χ2n) is 6.05. The lowest BCUT2D eigenvalue weighted by Gasteiger charge is -2.28. The third-order valence-corrected chi connectivity index (χ3v) is 4.32. The Hall–Kier alpha value is -3.02. The predicted octanol–water partition coefficient (Wildman–Crippen LogP) is 2.28. The molecule has 1 atom stereocenters. The molecule has 2 rings (SSSR count). The van der Waals surface area contributed by atoms with Crippen molar-refractivity contribution >= 4 is 11.8 Å². The van der Waals surface area contributed by atoms with E-state index in [-0.39, 0.29) is 18.4 Å². The standard InChI is InChI=1S/C21H26N2O4/c1-16(21(25)22-2)23(14-13-17-9-5-4-6-10-17)20(24)15-27-19-12-8-7-11-18(19)26-3/h4-12,16H,13-15H2,1-3H3,(H,22,25)/t16-/m1/s1. The molecule has 0 saturated carbocycles. The topological polar surface area (TPSA) is 67.9 Å². The van der Waals surface area contributed by atoms with E-state index in [2.05, 4.69) is 5.32 Å². The lowest BCUT2D eigenvalue weighted by atomic mass is 10.1. The first-order valence-corrected chi connectivity index (χ1v) is 8.87. The van der Waals surface area contributed by atoms with Crippen LogP contribution in [0.4, 0.5) is 0 Å². The van der Waals surface area contributed by atoms with Crippen LogP contribution in [0.15, 0.2) is 54.6 Å². The maximum atomic E-state index is 12.8. The van der Waals surface area contributed by atoms with E-state index in [1.807, 2.05) is 42.5 Å². The van der Waals surface area contributed by atoms with Crippen molar-refractivity contribution < 1.29 is 19.1 Å². The summed E-state index contributed by atoms with van der Waals surface area (Å²) < 4.78 is 10.9. The third-order valence-electron chi connectivity index (χ3n) is 4.32. The Kier molecular flexibility index (Phi) is 7.67. The van der Waals surface area contributed by atoms with Gasteiger partial charge in [0.25, 0.3) is 5.91 Å². The molecular formula is C21H26N2O4. The molecule has 6 heteroatoms. The molecule has 0 bridgehead atoms. The number of ether oxygens (including phenoxy) is 2. The zero-order chi connectivity index (χ0) is 19.6. The number of nitrogens with zero attached hydrogens (tertiary/aromatic N) is 1. The van der Waals surface area contributed by atoms with Crippen LogP contribution < -0.4 is 14.8 Å². The number of benzene rings is 2. The average molecular weight is 370 g/mol. The number of methoxy groups -OCH3 is 1. The summed E-state index contributed by atoms with van der Waals surface area (Å²) in [4.78, 5) is 26.4. The van der Waals surface area contributed by atoms with Crippen LogP contribution in [0.5, 0.6) is 11.5 Å². The molecule has 6 nitrogen and oxygen atoms in total. The number of para-hydroxylation sites is 2. The van der Waals surface area contributed by atoms with E-state index in [1.165, 1.54) is 0 Å². The summed E-state index contributed by atoms with van der Waals surface area (Å²) in [5.41, 5.74) is 1.10. The molecule has 0 aromatic heterocycles. The van der Waals surface area contributed by atoms with Gasteiger partial charge >= 0.3 is 0 Å². The van der Waals surface area contributed by atoms with Gasteiger partial charge in [0.15, 0.2) is 18.1 Å². The predicted molar refractivity (Wildman–Crippen MR) is 104 cm³/mol. The second kappa shape index (κ2) is 10.2. The highest BCUT2D eigenvalue weighted by molar-refractivity contribution is 5.87. The molecular weight excluding hydrogens is 344 g/mol. The maximum absolute atomic E-state index is 12.8. The smallest absolute Gasteiger partial charge is 0.261 e. The Morgan fingerprint density at radius 2 is 1.67 bits per heavy atom. The first-order chi connectivity index (χ1) is 13.1. The zero-order valence-electron chi connectivity index (χ0n) is 16.0. The normalized spacial score (nSPS) is 11.4. The van der Waals surface area contributed by atoms with Crippen LogP contribution in [-0.2, 0) is 16.0 Å². The van der Waals surface area contributed by atoms with Crippen LogP contribution in [0.25, 0.3) is 0 Å². The Morgan fingerprint density at radius 3 is 2.30 bits per heavy atom. The first-order valence-electron chi connectivity index (χ1n) is 8.87. The summed E-state index contributed by atoms with van der Waals surface area (Å²) in [6.45, 7) is 1.97. The van der Waals surface area contributed by atoms with E-state index in [1.54, 1.807) is 38.1 Å². The van der Waals surface area contributed by atoms with Gasteiger partial charge in [-0.3, -0.25) is 9.59 Å². The summed E-state index contributed by atoms with van der Waals surface area (Å²) in [5.74, 6) is 0.575. The van der Waals surface area contributed by atoms with Crippen molar-refractivity contribution in [2.75, 3.05) is 27.3 Å². The molecule has 0 saturated heterocycles. The second-order valence-corrected chi connectivity index (χ2v) is 6.05. The van der Waals surface area contributed by atoms with E-state index < -0.39 is 6.04 Å². The molecule has 0 aliphatic rings. The number of rotatable bonds is 9. The lowest BCUT2D eigenvalue weighted by Crippen LogP contribution is -2.49. The van der Waals surface area contributed by atoms with Gasteiger partial charge in [-0.2, -0.15) is 0 Å². The number of nitrogens with one attached hydrogen (secondary N) is 1. The van der Waals surface area contributed by atoms with E-state index in [9.17, 15) is 9.59 Å². The number of carbonyl (C=O) groups is 2. The molecule has 2 aromatic rings. The Bertz CT molecular complexity index is 749. The highest BCUT2D eigenvalue weighted by Crippen LogP contribution is 2.25. The van der Waals surface area contributed by atoms with Crippen molar-refractivity contribution in [1.29, 1.82) is 0 Å². The van der Waals surface area contributed by atoms with Gasteiger partial charge in [-0.15, -0.1) is 0 Å². The van der Waals surface area contributed by atoms with Gasteiger partial charge in [-0.05, 0) is 31.0 Å². The first kappa shape index (κ1) is 20.3. The minimum Gasteiger partial charge on any atom is -0.493 e. The fourth-order valence-electron chi connectivity index (χ4n) is 2.74. The molecule has 0 aliphatic carbocycles. The van der Waals surface area contributed by atoms with Crippen molar-refractivity contribution in [3.8, 4) is 11.5 Å². The zero-order valence-corrected chi connectivity index (χ0v) is 16.0. The van der Waals surface area contributed by atoms with Gasteiger partial charge in [0, 0.05) is 13.6 Å². The van der Waals surface area contributed by atoms with E-state index >= 15 is 0 Å². The van der Waals surface area contributed by atoms with Gasteiger partial charge in [-0.1, -0.05) is 42.5 Å². The van der Waals surface area contributed by atoms with Crippen LogP contribution in [0.1, 0.15) is 12.5 Å². The van der Waals surface area contributed by atoms with Crippen LogP contribution in [0.3, 0.4) is 0 Å². The molecule has 0 fully saturated rings. The van der Waals surface area contributed by atoms with Gasteiger partial charge in [0.2, 0.25) is 5.91 Å². The molecule has 144 valence electrons. The molecule has 27 heavy (non-hydrogen) atoms. The highest BCUT2D eigenvalue weighted by atomic mass is 16.5. The fraction of sp³-hybridized carbons (Fsp3) is 0.333. The largest absolute Gasteiger partial charge is 0.493 e. The summed E-state index contributed by atoms with van der Waals surface area (Å²) in [7, 11) is 3.11. The molecule has 0 heterocycles. The number of carbonyl (C=O) groups excluding carboxylic acids is 2. The fourth-order valence-corrected chi connectivity index (χ4v) is 2.74. The maximum Gasteiger partial charge on any atom is 0.261 e. The lowest BCUT2D eigenvalue weighted by molar-refractivity contribution is -0.141. The van der Waals surface area contributed by atoms with Crippen LogP contribution >= 0.6 is 0 Å². The Labute approximate surface area is 160 Å². The average Bonchev–Trinajstić information content (AvgIpc) is 2.72. The van der Waals surface area contributed by atoms with E-state index in [4.69, 9.17) is 9.47 Å². The van der Waals surface area contributed by atoms with Crippen molar-refractivity contribution in [2.24, 2.45) is 0 Å². The summed E-state index contributed by atoms with van der Waals surface area (Å²) in [6.07, 6.45) is 0.655. The molecule has 0 spiro atoms. The van der Waals surface area contributed by atoms with Gasteiger partial charge in [0.1, 0.15) is 6.04 Å². The van der Waals surface area contributed by atoms with Gasteiger partial charge < -0.3 is 19.7 Å². The molecule has 1 N–H and O–H groups in total. The Balaban J connectivity index is 2.06. The Morgan fingerprint density at radius 1 is 1.04 bits per heavy atom. The molecule has 2 amide bonds. The van der Waals surface area contributed by atoms with Crippen LogP contribution in [0, 0.1) is 0 Å². The van der Waals surface area contributed by atoms with Crippen LogP contribution in [0.2, 0.25) is 0 Å². The number of hydrogen-bond donors (Lipinski definition) is 1. The molecule has 2 aromatic carbocycles. The monoisotopic (exact) mass is 370 g/mol.